The van der Waals surface area contributed by atoms with E-state index >= 15 is 0 Å². The molecule has 2 heterocycles. The smallest absolute Gasteiger partial charge is 0.191 e. The first kappa shape index (κ1) is 17.5. The molecule has 0 aliphatic heterocycles. The number of hydrogen-bond acceptors (Lipinski definition) is 5. The fraction of sp³-hybridized carbons (Fsp3) is 0.562. The molecular formula is C16H25N5OS. The summed E-state index contributed by atoms with van der Waals surface area (Å²) in [4.78, 5) is 10.3. The third-order valence-electron chi connectivity index (χ3n) is 3.52. The second-order valence-electron chi connectivity index (χ2n) is 5.25. The van der Waals surface area contributed by atoms with Gasteiger partial charge in [-0.1, -0.05) is 12.1 Å². The van der Waals surface area contributed by atoms with Crippen LogP contribution in [-0.4, -0.2) is 29.2 Å². The Balaban J connectivity index is 1.88. The van der Waals surface area contributed by atoms with Crippen LogP contribution >= 0.6 is 11.3 Å². The van der Waals surface area contributed by atoms with Gasteiger partial charge in [0.05, 0.1) is 12.2 Å². The summed E-state index contributed by atoms with van der Waals surface area (Å²) in [6.45, 7) is 10.3. The molecule has 0 saturated carbocycles. The maximum Gasteiger partial charge on any atom is 0.191 e. The van der Waals surface area contributed by atoms with Crippen LogP contribution in [0.3, 0.4) is 0 Å². The molecule has 0 saturated heterocycles. The van der Waals surface area contributed by atoms with Crippen molar-refractivity contribution in [2.75, 3.05) is 13.1 Å². The molecule has 23 heavy (non-hydrogen) atoms. The highest BCUT2D eigenvalue weighted by molar-refractivity contribution is 7.11. The van der Waals surface area contributed by atoms with E-state index in [0.717, 1.165) is 48.4 Å². The molecule has 7 heteroatoms. The van der Waals surface area contributed by atoms with Crippen LogP contribution < -0.4 is 10.6 Å². The Morgan fingerprint density at radius 2 is 2.13 bits per heavy atom. The van der Waals surface area contributed by atoms with E-state index in [2.05, 4.69) is 39.6 Å². The lowest BCUT2D eigenvalue weighted by atomic mass is 10.1. The molecule has 0 unspecified atom stereocenters. The third-order valence-corrected chi connectivity index (χ3v) is 4.64. The van der Waals surface area contributed by atoms with E-state index in [1.54, 1.807) is 11.3 Å². The molecular weight excluding hydrogens is 310 g/mol. The highest BCUT2D eigenvalue weighted by atomic mass is 32.1. The number of guanidine groups is 1. The van der Waals surface area contributed by atoms with Gasteiger partial charge < -0.3 is 15.2 Å². The van der Waals surface area contributed by atoms with Crippen LogP contribution in [0, 0.1) is 13.8 Å². The Morgan fingerprint density at radius 3 is 2.74 bits per heavy atom. The summed E-state index contributed by atoms with van der Waals surface area (Å²) in [6, 6.07) is 0. The standard InChI is InChI=1S/C16H25N5OS/c1-5-13-9-19-15(23-13)10-20-16(17-6-2)18-8-7-14-11(3)21-22-12(14)4/h9H,5-8,10H2,1-4H3,(H2,17,18,20). The monoisotopic (exact) mass is 335 g/mol. The van der Waals surface area contributed by atoms with Crippen molar-refractivity contribution >= 4 is 17.3 Å². The van der Waals surface area contributed by atoms with Crippen LogP contribution in [0.4, 0.5) is 0 Å². The zero-order valence-corrected chi connectivity index (χ0v) is 15.1. The summed E-state index contributed by atoms with van der Waals surface area (Å²) < 4.78 is 5.19. The molecule has 2 aromatic heterocycles. The number of nitrogens with zero attached hydrogens (tertiary/aromatic N) is 3. The molecule has 2 aromatic rings. The number of thiazole rings is 1. The van der Waals surface area contributed by atoms with Crippen molar-refractivity contribution in [1.29, 1.82) is 0 Å². The van der Waals surface area contributed by atoms with E-state index in [9.17, 15) is 0 Å². The Labute approximate surface area is 141 Å². The molecule has 0 spiro atoms. The molecule has 6 nitrogen and oxygen atoms in total. The summed E-state index contributed by atoms with van der Waals surface area (Å²) >= 11 is 1.72. The molecule has 0 aliphatic carbocycles. The van der Waals surface area contributed by atoms with Crippen LogP contribution in [0.5, 0.6) is 0 Å². The minimum atomic E-state index is 0.603. The number of rotatable bonds is 7. The van der Waals surface area contributed by atoms with Crippen molar-refractivity contribution in [1.82, 2.24) is 20.8 Å². The first-order chi connectivity index (χ1) is 11.1. The number of aromatic nitrogens is 2. The van der Waals surface area contributed by atoms with Crippen molar-refractivity contribution in [3.8, 4) is 0 Å². The molecule has 0 fully saturated rings. The Hall–Kier alpha value is -1.89. The molecule has 0 atom stereocenters. The lowest BCUT2D eigenvalue weighted by Crippen LogP contribution is -2.38. The zero-order chi connectivity index (χ0) is 16.7. The van der Waals surface area contributed by atoms with Crippen molar-refractivity contribution in [2.45, 2.75) is 47.1 Å². The summed E-state index contributed by atoms with van der Waals surface area (Å²) in [6.07, 6.45) is 3.83. The van der Waals surface area contributed by atoms with Gasteiger partial charge in [0.1, 0.15) is 10.8 Å². The zero-order valence-electron chi connectivity index (χ0n) is 14.3. The number of hydrogen-bond donors (Lipinski definition) is 2. The van der Waals surface area contributed by atoms with Crippen LogP contribution in [0.15, 0.2) is 15.7 Å². The molecule has 2 rings (SSSR count). The van der Waals surface area contributed by atoms with Crippen LogP contribution in [-0.2, 0) is 19.4 Å². The molecule has 0 radical (unpaired) electrons. The number of aliphatic imine (C=N–C) groups is 1. The van der Waals surface area contributed by atoms with E-state index in [0.29, 0.717) is 6.54 Å². The van der Waals surface area contributed by atoms with Gasteiger partial charge in [0.15, 0.2) is 5.96 Å². The van der Waals surface area contributed by atoms with Crippen LogP contribution in [0.25, 0.3) is 0 Å². The van der Waals surface area contributed by atoms with Gasteiger partial charge in [-0.25, -0.2) is 9.98 Å². The second-order valence-corrected chi connectivity index (χ2v) is 6.45. The Bertz CT molecular complexity index is 627. The molecule has 0 aliphatic rings. The maximum atomic E-state index is 5.19. The van der Waals surface area contributed by atoms with Gasteiger partial charge in [-0.15, -0.1) is 11.3 Å². The average molecular weight is 335 g/mol. The predicted molar refractivity (Wildman–Crippen MR) is 94.0 cm³/mol. The first-order valence-corrected chi connectivity index (χ1v) is 8.83. The van der Waals surface area contributed by atoms with E-state index in [-0.39, 0.29) is 0 Å². The SMILES string of the molecule is CCNC(=NCc1ncc(CC)s1)NCCc1c(C)noc1C. The Kier molecular flexibility index (Phi) is 6.58. The van der Waals surface area contributed by atoms with E-state index in [1.165, 1.54) is 10.4 Å². The van der Waals surface area contributed by atoms with E-state index < -0.39 is 0 Å². The van der Waals surface area contributed by atoms with Crippen molar-refractivity contribution in [3.63, 3.8) is 0 Å². The summed E-state index contributed by atoms with van der Waals surface area (Å²) in [5.41, 5.74) is 2.13. The minimum Gasteiger partial charge on any atom is -0.361 e. The number of aryl methyl sites for hydroxylation is 3. The number of nitrogens with one attached hydrogen (secondary N) is 2. The van der Waals surface area contributed by atoms with Gasteiger partial charge in [0.25, 0.3) is 0 Å². The van der Waals surface area contributed by atoms with Crippen LogP contribution in [0.1, 0.15) is 40.7 Å². The van der Waals surface area contributed by atoms with Gasteiger partial charge in [-0.05, 0) is 33.6 Å². The molecule has 126 valence electrons. The molecule has 2 N–H and O–H groups in total. The topological polar surface area (TPSA) is 75.3 Å². The quantitative estimate of drug-likeness (QED) is 0.601. The van der Waals surface area contributed by atoms with Gasteiger partial charge in [0.2, 0.25) is 0 Å². The van der Waals surface area contributed by atoms with Crippen molar-refractivity contribution in [3.05, 3.63) is 33.1 Å². The second kappa shape index (κ2) is 8.67. The fourth-order valence-corrected chi connectivity index (χ4v) is 3.02. The fourth-order valence-electron chi connectivity index (χ4n) is 2.24. The third kappa shape index (κ3) is 5.06. The van der Waals surface area contributed by atoms with Gasteiger partial charge in [-0.3, -0.25) is 0 Å². The summed E-state index contributed by atoms with van der Waals surface area (Å²) in [5, 5.41) is 11.6. The predicted octanol–water partition coefficient (Wildman–Crippen LogP) is 2.61. The van der Waals surface area contributed by atoms with Crippen LogP contribution in [0.2, 0.25) is 0 Å². The van der Waals surface area contributed by atoms with E-state index in [1.807, 2.05) is 20.0 Å². The summed E-state index contributed by atoms with van der Waals surface area (Å²) in [7, 11) is 0. The highest BCUT2D eigenvalue weighted by Gasteiger charge is 2.08. The van der Waals surface area contributed by atoms with Crippen molar-refractivity contribution in [2.24, 2.45) is 4.99 Å². The average Bonchev–Trinajstić information content (AvgIpc) is 3.13. The largest absolute Gasteiger partial charge is 0.361 e. The normalized spacial score (nSPS) is 11.7. The Morgan fingerprint density at radius 1 is 1.30 bits per heavy atom. The molecule has 0 bridgehead atoms. The highest BCUT2D eigenvalue weighted by Crippen LogP contribution is 2.14. The molecule has 0 aromatic carbocycles. The van der Waals surface area contributed by atoms with Gasteiger partial charge in [-0.2, -0.15) is 0 Å². The lowest BCUT2D eigenvalue weighted by molar-refractivity contribution is 0.392. The maximum absolute atomic E-state index is 5.19. The first-order valence-electron chi connectivity index (χ1n) is 8.01. The van der Waals surface area contributed by atoms with E-state index in [4.69, 9.17) is 4.52 Å². The van der Waals surface area contributed by atoms with Crippen molar-refractivity contribution < 1.29 is 4.52 Å². The molecule has 0 amide bonds. The summed E-state index contributed by atoms with van der Waals surface area (Å²) in [5.74, 6) is 1.70. The van der Waals surface area contributed by atoms with Gasteiger partial charge in [0, 0.05) is 29.7 Å². The minimum absolute atomic E-state index is 0.603. The lowest BCUT2D eigenvalue weighted by Gasteiger charge is -2.10. The van der Waals surface area contributed by atoms with Gasteiger partial charge >= 0.3 is 0 Å².